The third-order valence-corrected chi connectivity index (χ3v) is 6.28. The number of likely N-dealkylation sites (tertiary alicyclic amines) is 1. The highest BCUT2D eigenvalue weighted by Crippen LogP contribution is 2.35. The number of aryl methyl sites for hydroxylation is 2. The lowest BCUT2D eigenvalue weighted by Crippen LogP contribution is -2.38. The largest absolute Gasteiger partial charge is 0.378 e. The molecule has 2 aliphatic rings. The van der Waals surface area contributed by atoms with Crippen LogP contribution in [0.1, 0.15) is 35.8 Å². The van der Waals surface area contributed by atoms with E-state index in [0.29, 0.717) is 19.1 Å². The molecule has 2 aliphatic heterocycles. The van der Waals surface area contributed by atoms with Crippen molar-refractivity contribution < 1.29 is 9.26 Å². The third kappa shape index (κ3) is 4.33. The van der Waals surface area contributed by atoms with Crippen LogP contribution in [0.5, 0.6) is 0 Å². The van der Waals surface area contributed by atoms with Crippen molar-refractivity contribution in [2.45, 2.75) is 32.2 Å². The van der Waals surface area contributed by atoms with E-state index in [1.807, 2.05) is 37.1 Å². The molecule has 0 aliphatic carbocycles. The van der Waals surface area contributed by atoms with Gasteiger partial charge in [0.2, 0.25) is 5.95 Å². The van der Waals surface area contributed by atoms with Gasteiger partial charge in [0.05, 0.1) is 35.9 Å². The topological polar surface area (TPSA) is 85.3 Å². The molecule has 9 nitrogen and oxygen atoms in total. The summed E-state index contributed by atoms with van der Waals surface area (Å²) < 4.78 is 13.0. The predicted molar refractivity (Wildman–Crippen MR) is 116 cm³/mol. The molecule has 0 atom stereocenters. The van der Waals surface area contributed by atoms with E-state index in [-0.39, 0.29) is 0 Å². The summed E-state index contributed by atoms with van der Waals surface area (Å²) in [4.78, 5) is 14.4. The van der Waals surface area contributed by atoms with Gasteiger partial charge in [-0.05, 0) is 38.9 Å². The van der Waals surface area contributed by atoms with Crippen molar-refractivity contribution >= 4 is 5.95 Å². The van der Waals surface area contributed by atoms with E-state index in [4.69, 9.17) is 14.2 Å². The summed E-state index contributed by atoms with van der Waals surface area (Å²) in [5, 5.41) is 8.37. The Morgan fingerprint density at radius 3 is 2.61 bits per heavy atom. The summed E-state index contributed by atoms with van der Waals surface area (Å²) in [5.74, 6) is 1.90. The second kappa shape index (κ2) is 8.76. The molecule has 0 aromatic carbocycles. The SMILES string of the molecule is Cc1cc(-c2cnc(N3CCOCC3)nc2C2CCN(Cc3ccnn3C)CC2)on1. The van der Waals surface area contributed by atoms with E-state index in [9.17, 15) is 0 Å². The van der Waals surface area contributed by atoms with Gasteiger partial charge in [-0.2, -0.15) is 5.10 Å². The number of ether oxygens (including phenoxy) is 1. The molecule has 3 aromatic rings. The molecule has 0 amide bonds. The van der Waals surface area contributed by atoms with Gasteiger partial charge in [0.15, 0.2) is 5.76 Å². The molecular formula is C22H29N7O2. The van der Waals surface area contributed by atoms with Gasteiger partial charge in [-0.25, -0.2) is 9.97 Å². The molecule has 0 spiro atoms. The molecule has 0 radical (unpaired) electrons. The van der Waals surface area contributed by atoms with Crippen LogP contribution in [0.4, 0.5) is 5.95 Å². The molecule has 3 aromatic heterocycles. The van der Waals surface area contributed by atoms with Crippen molar-refractivity contribution in [1.82, 2.24) is 29.8 Å². The highest BCUT2D eigenvalue weighted by molar-refractivity contribution is 5.61. The van der Waals surface area contributed by atoms with E-state index in [2.05, 4.69) is 31.1 Å². The molecule has 9 heteroatoms. The third-order valence-electron chi connectivity index (χ3n) is 6.28. The fraction of sp³-hybridized carbons (Fsp3) is 0.545. The smallest absolute Gasteiger partial charge is 0.225 e. The fourth-order valence-corrected chi connectivity index (χ4v) is 4.44. The van der Waals surface area contributed by atoms with Crippen molar-refractivity contribution in [3.05, 3.63) is 41.6 Å². The molecule has 0 bridgehead atoms. The second-order valence-electron chi connectivity index (χ2n) is 8.40. The standard InChI is InChI=1S/C22H29N7O2/c1-16-13-20(31-26-16)19-14-23-22(29-9-11-30-12-10-29)25-21(19)17-4-7-28(8-5-17)15-18-3-6-24-27(18)2/h3,6,13-14,17H,4-5,7-12,15H2,1-2H3. The van der Waals surface area contributed by atoms with Crippen molar-refractivity contribution in [3.8, 4) is 11.3 Å². The molecule has 164 valence electrons. The number of anilines is 1. The molecule has 5 heterocycles. The highest BCUT2D eigenvalue weighted by Gasteiger charge is 2.27. The Balaban J connectivity index is 1.37. The average Bonchev–Trinajstić information content (AvgIpc) is 3.42. The number of hydrogen-bond acceptors (Lipinski definition) is 8. The number of aromatic nitrogens is 5. The van der Waals surface area contributed by atoms with Crippen LogP contribution in [0.25, 0.3) is 11.3 Å². The Kier molecular flexibility index (Phi) is 5.69. The minimum atomic E-state index is 0.367. The lowest BCUT2D eigenvalue weighted by atomic mass is 9.90. The highest BCUT2D eigenvalue weighted by atomic mass is 16.5. The Morgan fingerprint density at radius 1 is 1.13 bits per heavy atom. The first-order chi connectivity index (χ1) is 15.2. The van der Waals surface area contributed by atoms with Crippen molar-refractivity contribution in [2.24, 2.45) is 7.05 Å². The minimum Gasteiger partial charge on any atom is -0.378 e. The van der Waals surface area contributed by atoms with Crippen molar-refractivity contribution in [2.75, 3.05) is 44.3 Å². The Hall–Kier alpha value is -2.78. The molecule has 0 unspecified atom stereocenters. The predicted octanol–water partition coefficient (Wildman–Crippen LogP) is 2.39. The average molecular weight is 424 g/mol. The lowest BCUT2D eigenvalue weighted by molar-refractivity contribution is 0.122. The molecule has 0 saturated carbocycles. The number of morpholine rings is 1. The van der Waals surface area contributed by atoms with E-state index in [1.54, 1.807) is 0 Å². The first-order valence-corrected chi connectivity index (χ1v) is 11.0. The zero-order valence-corrected chi connectivity index (χ0v) is 18.2. The molecule has 5 rings (SSSR count). The zero-order valence-electron chi connectivity index (χ0n) is 18.2. The van der Waals surface area contributed by atoms with Gasteiger partial charge in [-0.15, -0.1) is 0 Å². The minimum absolute atomic E-state index is 0.367. The number of rotatable bonds is 5. The maximum absolute atomic E-state index is 5.59. The number of piperidine rings is 1. The second-order valence-corrected chi connectivity index (χ2v) is 8.40. The van der Waals surface area contributed by atoms with Crippen LogP contribution in [0.3, 0.4) is 0 Å². The zero-order chi connectivity index (χ0) is 21.2. The number of nitrogens with zero attached hydrogens (tertiary/aromatic N) is 7. The Labute approximate surface area is 182 Å². The first-order valence-electron chi connectivity index (χ1n) is 11.0. The van der Waals surface area contributed by atoms with Gasteiger partial charge in [-0.3, -0.25) is 9.58 Å². The molecule has 2 saturated heterocycles. The fourth-order valence-electron chi connectivity index (χ4n) is 4.44. The monoisotopic (exact) mass is 423 g/mol. The summed E-state index contributed by atoms with van der Waals surface area (Å²) in [7, 11) is 2.00. The van der Waals surface area contributed by atoms with Crippen LogP contribution in [0.2, 0.25) is 0 Å². The van der Waals surface area contributed by atoms with Crippen LogP contribution in [0, 0.1) is 6.92 Å². The van der Waals surface area contributed by atoms with Crippen molar-refractivity contribution in [1.29, 1.82) is 0 Å². The maximum Gasteiger partial charge on any atom is 0.225 e. The van der Waals surface area contributed by atoms with Gasteiger partial charge in [0.25, 0.3) is 0 Å². The summed E-state index contributed by atoms with van der Waals surface area (Å²) >= 11 is 0. The Bertz CT molecular complexity index is 1020. The quantitative estimate of drug-likeness (QED) is 0.618. The molecule has 31 heavy (non-hydrogen) atoms. The van der Waals surface area contributed by atoms with Gasteiger partial charge in [-0.1, -0.05) is 5.16 Å². The van der Waals surface area contributed by atoms with Crippen LogP contribution in [-0.2, 0) is 18.3 Å². The summed E-state index contributed by atoms with van der Waals surface area (Å²) in [5.41, 5.74) is 4.15. The normalized spacial score (nSPS) is 18.6. The summed E-state index contributed by atoms with van der Waals surface area (Å²) in [6, 6.07) is 4.06. The summed E-state index contributed by atoms with van der Waals surface area (Å²) in [6.07, 6.45) is 5.88. The van der Waals surface area contributed by atoms with Gasteiger partial charge >= 0.3 is 0 Å². The Morgan fingerprint density at radius 2 is 1.94 bits per heavy atom. The van der Waals surface area contributed by atoms with Gasteiger partial charge in [0, 0.05) is 51.1 Å². The van der Waals surface area contributed by atoms with Crippen LogP contribution < -0.4 is 4.90 Å². The van der Waals surface area contributed by atoms with Crippen LogP contribution in [0.15, 0.2) is 29.0 Å². The van der Waals surface area contributed by atoms with E-state index >= 15 is 0 Å². The molecule has 0 N–H and O–H groups in total. The first kappa shape index (κ1) is 20.1. The summed E-state index contributed by atoms with van der Waals surface area (Å²) in [6.45, 7) is 8.00. The van der Waals surface area contributed by atoms with E-state index in [0.717, 1.165) is 74.2 Å². The lowest BCUT2D eigenvalue weighted by Gasteiger charge is -2.33. The van der Waals surface area contributed by atoms with Gasteiger partial charge < -0.3 is 14.2 Å². The van der Waals surface area contributed by atoms with Gasteiger partial charge in [0.1, 0.15) is 0 Å². The van der Waals surface area contributed by atoms with E-state index in [1.165, 1.54) is 5.69 Å². The molecule has 2 fully saturated rings. The maximum atomic E-state index is 5.59. The van der Waals surface area contributed by atoms with Crippen LogP contribution in [-0.4, -0.2) is 69.2 Å². The van der Waals surface area contributed by atoms with E-state index < -0.39 is 0 Å². The van der Waals surface area contributed by atoms with Crippen molar-refractivity contribution in [3.63, 3.8) is 0 Å². The number of hydrogen-bond donors (Lipinski definition) is 0. The van der Waals surface area contributed by atoms with Crippen LogP contribution >= 0.6 is 0 Å². The molecular weight excluding hydrogens is 394 g/mol.